The van der Waals surface area contributed by atoms with Crippen LogP contribution in [0.5, 0.6) is 0 Å². The smallest absolute Gasteiger partial charge is 0.294 e. The molecule has 100 valence electrons. The van der Waals surface area contributed by atoms with E-state index in [-0.39, 0.29) is 28.1 Å². The van der Waals surface area contributed by atoms with Crippen LogP contribution in [-0.2, 0) is 0 Å². The van der Waals surface area contributed by atoms with E-state index in [9.17, 15) is 18.9 Å². The second-order valence-corrected chi connectivity index (χ2v) is 4.11. The van der Waals surface area contributed by atoms with Crippen LogP contribution in [0.25, 0.3) is 22.4 Å². The fourth-order valence-corrected chi connectivity index (χ4v) is 2.01. The number of imidazole rings is 1. The Kier molecular flexibility index (Phi) is 2.67. The van der Waals surface area contributed by atoms with E-state index in [0.717, 1.165) is 12.1 Å². The third-order valence-corrected chi connectivity index (χ3v) is 2.89. The van der Waals surface area contributed by atoms with Gasteiger partial charge in [0.1, 0.15) is 23.0 Å². The molecule has 0 spiro atoms. The van der Waals surface area contributed by atoms with Gasteiger partial charge in [-0.15, -0.1) is 0 Å². The first-order chi connectivity index (χ1) is 9.58. The van der Waals surface area contributed by atoms with Gasteiger partial charge in [-0.25, -0.2) is 13.8 Å². The summed E-state index contributed by atoms with van der Waals surface area (Å²) in [7, 11) is 0. The number of nitrogens with zero attached hydrogens (tertiary/aromatic N) is 2. The van der Waals surface area contributed by atoms with Gasteiger partial charge in [0.15, 0.2) is 0 Å². The van der Waals surface area contributed by atoms with E-state index in [1.807, 2.05) is 0 Å². The molecule has 2 aromatic carbocycles. The summed E-state index contributed by atoms with van der Waals surface area (Å²) >= 11 is 0. The van der Waals surface area contributed by atoms with Crippen LogP contribution in [0.3, 0.4) is 0 Å². The van der Waals surface area contributed by atoms with Crippen LogP contribution in [-0.4, -0.2) is 14.9 Å². The maximum absolute atomic E-state index is 13.7. The quantitative estimate of drug-likeness (QED) is 0.575. The van der Waals surface area contributed by atoms with Crippen LogP contribution in [0.1, 0.15) is 0 Å². The zero-order chi connectivity index (χ0) is 14.3. The number of fused-ring (bicyclic) bond motifs is 1. The molecule has 1 aromatic heterocycles. The van der Waals surface area contributed by atoms with Gasteiger partial charge in [-0.3, -0.25) is 10.1 Å². The van der Waals surface area contributed by atoms with Gasteiger partial charge in [-0.05, 0) is 18.2 Å². The van der Waals surface area contributed by atoms with Crippen molar-refractivity contribution in [3.8, 4) is 11.4 Å². The van der Waals surface area contributed by atoms with Gasteiger partial charge in [0, 0.05) is 6.07 Å². The molecule has 0 unspecified atom stereocenters. The number of halogens is 2. The summed E-state index contributed by atoms with van der Waals surface area (Å²) < 4.78 is 27.4. The lowest BCUT2D eigenvalue weighted by Crippen LogP contribution is -1.91. The van der Waals surface area contributed by atoms with Crippen molar-refractivity contribution in [2.45, 2.75) is 0 Å². The summed E-state index contributed by atoms with van der Waals surface area (Å²) in [6, 6.07) is 7.71. The van der Waals surface area contributed by atoms with Crippen LogP contribution >= 0.6 is 0 Å². The van der Waals surface area contributed by atoms with Crippen molar-refractivity contribution >= 4 is 16.7 Å². The monoisotopic (exact) mass is 275 g/mol. The second-order valence-electron chi connectivity index (χ2n) is 4.11. The van der Waals surface area contributed by atoms with Crippen molar-refractivity contribution in [2.75, 3.05) is 0 Å². The minimum atomic E-state index is -0.785. The SMILES string of the molecule is O=[N+]([O-])c1cccc2nc(-c3c(F)cccc3F)[nH]c12. The molecular formula is C13H7F2N3O2. The number of hydrogen-bond acceptors (Lipinski definition) is 3. The Hall–Kier alpha value is -2.83. The normalized spacial score (nSPS) is 10.9. The summed E-state index contributed by atoms with van der Waals surface area (Å²) in [6.07, 6.45) is 0. The molecule has 0 saturated carbocycles. The highest BCUT2D eigenvalue weighted by Crippen LogP contribution is 2.29. The van der Waals surface area contributed by atoms with Gasteiger partial charge in [-0.2, -0.15) is 0 Å². The molecule has 0 bridgehead atoms. The minimum absolute atomic E-state index is 0.0788. The number of aromatic amines is 1. The van der Waals surface area contributed by atoms with Crippen LogP contribution < -0.4 is 0 Å². The van der Waals surface area contributed by atoms with Gasteiger partial charge in [0.2, 0.25) is 0 Å². The van der Waals surface area contributed by atoms with E-state index >= 15 is 0 Å². The predicted octanol–water partition coefficient (Wildman–Crippen LogP) is 3.42. The molecule has 0 fully saturated rings. The van der Waals surface area contributed by atoms with Gasteiger partial charge < -0.3 is 4.98 Å². The van der Waals surface area contributed by atoms with Crippen LogP contribution in [0.15, 0.2) is 36.4 Å². The molecule has 0 aliphatic rings. The molecule has 7 heteroatoms. The van der Waals surface area contributed by atoms with Gasteiger partial charge in [0.25, 0.3) is 5.69 Å². The maximum atomic E-state index is 13.7. The summed E-state index contributed by atoms with van der Waals surface area (Å²) in [4.78, 5) is 16.9. The highest BCUT2D eigenvalue weighted by Gasteiger charge is 2.19. The number of nitro benzene ring substituents is 1. The highest BCUT2D eigenvalue weighted by atomic mass is 19.1. The average molecular weight is 275 g/mol. The topological polar surface area (TPSA) is 71.8 Å². The standard InChI is InChI=1S/C13H7F2N3O2/c14-7-3-1-4-8(15)11(7)13-16-9-5-2-6-10(18(19)20)12(9)17-13/h1-6H,(H,16,17). The van der Waals surface area contributed by atoms with Crippen molar-refractivity contribution in [3.05, 3.63) is 58.1 Å². The molecule has 1 heterocycles. The molecule has 3 rings (SSSR count). The van der Waals surface area contributed by atoms with Crippen molar-refractivity contribution in [2.24, 2.45) is 0 Å². The molecule has 3 aromatic rings. The number of para-hydroxylation sites is 1. The largest absolute Gasteiger partial charge is 0.332 e. The number of non-ortho nitro benzene ring substituents is 1. The van der Waals surface area contributed by atoms with Crippen LogP contribution in [0.2, 0.25) is 0 Å². The third kappa shape index (κ3) is 1.80. The number of nitro groups is 1. The van der Waals surface area contributed by atoms with Gasteiger partial charge in [-0.1, -0.05) is 12.1 Å². The molecule has 0 amide bonds. The third-order valence-electron chi connectivity index (χ3n) is 2.89. The number of aromatic nitrogens is 2. The summed E-state index contributed by atoms with van der Waals surface area (Å²) in [5.41, 5.74) is -0.122. The predicted molar refractivity (Wildman–Crippen MR) is 68.1 cm³/mol. The Morgan fingerprint density at radius 3 is 2.40 bits per heavy atom. The average Bonchev–Trinajstić information content (AvgIpc) is 2.81. The van der Waals surface area contributed by atoms with Gasteiger partial charge in [0.05, 0.1) is 16.0 Å². The van der Waals surface area contributed by atoms with E-state index < -0.39 is 16.6 Å². The zero-order valence-corrected chi connectivity index (χ0v) is 9.93. The molecule has 1 N–H and O–H groups in total. The molecule has 0 radical (unpaired) electrons. The van der Waals surface area contributed by atoms with E-state index in [1.54, 1.807) is 0 Å². The number of nitrogens with one attached hydrogen (secondary N) is 1. The first kappa shape index (κ1) is 12.2. The molecule has 0 aliphatic heterocycles. The first-order valence-electron chi connectivity index (χ1n) is 5.65. The number of rotatable bonds is 2. The number of hydrogen-bond donors (Lipinski definition) is 1. The van der Waals surface area contributed by atoms with E-state index in [2.05, 4.69) is 9.97 Å². The lowest BCUT2D eigenvalue weighted by Gasteiger charge is -2.00. The molecule has 0 aliphatic carbocycles. The van der Waals surface area contributed by atoms with Crippen molar-refractivity contribution in [3.63, 3.8) is 0 Å². The molecule has 20 heavy (non-hydrogen) atoms. The zero-order valence-electron chi connectivity index (χ0n) is 9.93. The van der Waals surface area contributed by atoms with Crippen LogP contribution in [0.4, 0.5) is 14.5 Å². The molecular weight excluding hydrogens is 268 g/mol. The number of benzene rings is 2. The fourth-order valence-electron chi connectivity index (χ4n) is 2.01. The Bertz CT molecular complexity index is 809. The van der Waals surface area contributed by atoms with Gasteiger partial charge >= 0.3 is 0 Å². The van der Waals surface area contributed by atoms with E-state index in [0.29, 0.717) is 0 Å². The molecule has 0 atom stereocenters. The Morgan fingerprint density at radius 1 is 1.10 bits per heavy atom. The highest BCUT2D eigenvalue weighted by molar-refractivity contribution is 5.87. The minimum Gasteiger partial charge on any atom is -0.332 e. The number of H-pyrrole nitrogens is 1. The lowest BCUT2D eigenvalue weighted by molar-refractivity contribution is -0.383. The molecule has 5 nitrogen and oxygen atoms in total. The Morgan fingerprint density at radius 2 is 1.75 bits per heavy atom. The fraction of sp³-hybridized carbons (Fsp3) is 0. The molecule has 0 saturated heterocycles. The van der Waals surface area contributed by atoms with Crippen molar-refractivity contribution in [1.82, 2.24) is 9.97 Å². The summed E-state index contributed by atoms with van der Waals surface area (Å²) in [5, 5.41) is 10.9. The first-order valence-corrected chi connectivity index (χ1v) is 5.65. The summed E-state index contributed by atoms with van der Waals surface area (Å²) in [5.74, 6) is -1.65. The maximum Gasteiger partial charge on any atom is 0.294 e. The van der Waals surface area contributed by atoms with Crippen molar-refractivity contribution in [1.29, 1.82) is 0 Å². The summed E-state index contributed by atoms with van der Waals surface area (Å²) in [6.45, 7) is 0. The second kappa shape index (κ2) is 4.37. The lowest BCUT2D eigenvalue weighted by atomic mass is 10.2. The van der Waals surface area contributed by atoms with E-state index in [4.69, 9.17) is 0 Å². The Labute approximate surface area is 111 Å². The van der Waals surface area contributed by atoms with Crippen molar-refractivity contribution < 1.29 is 13.7 Å². The van der Waals surface area contributed by atoms with Crippen LogP contribution in [0, 0.1) is 21.7 Å². The van der Waals surface area contributed by atoms with E-state index in [1.165, 1.54) is 24.3 Å². The Balaban J connectivity index is 2.29.